The Bertz CT molecular complexity index is 3300. The zero-order chi connectivity index (χ0) is 60.9. The third kappa shape index (κ3) is 16.1. The number of hydrogen-bond acceptors (Lipinski definition) is 17. The number of nitrogens with one attached hydrogen (secondary N) is 4. The molecule has 0 radical (unpaired) electrons. The molecular formula is C58H70ClN11O15. The maximum Gasteiger partial charge on any atom is 0.415 e. The van der Waals surface area contributed by atoms with Crippen molar-refractivity contribution in [1.29, 1.82) is 0 Å². The van der Waals surface area contributed by atoms with E-state index < -0.39 is 59.8 Å². The van der Waals surface area contributed by atoms with E-state index in [1.807, 2.05) is 7.05 Å². The molecule has 3 atom stereocenters. The summed E-state index contributed by atoms with van der Waals surface area (Å²) >= 11 is 6.51. The summed E-state index contributed by atoms with van der Waals surface area (Å²) in [5, 5.41) is 8.59. The topological polar surface area (TPSA) is 320 Å². The Labute approximate surface area is 494 Å². The molecule has 3 aliphatic heterocycles. The number of imide groups is 1. The largest absolute Gasteiger partial charge is 0.492 e. The summed E-state index contributed by atoms with van der Waals surface area (Å²) in [4.78, 5) is 131. The fraction of sp³-hybridized carbons (Fsp3) is 0.448. The molecule has 5 heterocycles. The SMILES string of the molecule is Cc1nc2c3c(cc(OC(=O)N4CCN(C)CC4)c2o1)N(C(=O)c1cc2cc(OCCN(C)C(=O)OCc4ccc(NC(=O)[C@H](CCCNC(N)=O)CC(=O)[C@@H](NC(=O)OCCOCCN5C(=O)C=CC5=O)C(C)C)cc4)ccc2[nH]1)CC3CCl. The molecule has 0 spiro atoms. The number of urea groups is 1. The lowest BCUT2D eigenvalue weighted by atomic mass is 9.89. The van der Waals surface area contributed by atoms with E-state index in [0.29, 0.717) is 88.9 Å². The van der Waals surface area contributed by atoms with Gasteiger partial charge in [-0.1, -0.05) is 26.0 Å². The molecule has 0 saturated carbocycles. The van der Waals surface area contributed by atoms with Crippen molar-refractivity contribution in [2.24, 2.45) is 17.6 Å². The van der Waals surface area contributed by atoms with E-state index in [2.05, 4.69) is 30.8 Å². The molecule has 0 bridgehead atoms. The van der Waals surface area contributed by atoms with Gasteiger partial charge >= 0.3 is 24.3 Å². The lowest BCUT2D eigenvalue weighted by molar-refractivity contribution is -0.137. The van der Waals surface area contributed by atoms with Gasteiger partial charge in [-0.05, 0) is 67.8 Å². The maximum absolute atomic E-state index is 14.4. The van der Waals surface area contributed by atoms with Gasteiger partial charge in [0, 0.05) is 118 Å². The number of nitrogens with zero attached hydrogens (tertiary/aromatic N) is 6. The lowest BCUT2D eigenvalue weighted by Crippen LogP contribution is -2.48. The lowest BCUT2D eigenvalue weighted by Gasteiger charge is -2.31. The van der Waals surface area contributed by atoms with Crippen LogP contribution in [0, 0.1) is 18.8 Å². The number of aromatic nitrogens is 2. The molecule has 5 aromatic rings. The zero-order valence-corrected chi connectivity index (χ0v) is 48.7. The highest BCUT2D eigenvalue weighted by atomic mass is 35.5. The number of Topliss-reactive ketones (excluding diaryl/α,β-unsaturated/α-hetero) is 1. The number of piperazine rings is 1. The third-order valence-corrected chi connectivity index (χ3v) is 15.0. The van der Waals surface area contributed by atoms with Crippen LogP contribution in [0.25, 0.3) is 22.0 Å². The number of ether oxygens (including phenoxy) is 5. The van der Waals surface area contributed by atoms with Gasteiger partial charge in [0.25, 0.3) is 17.7 Å². The molecule has 3 aromatic carbocycles. The van der Waals surface area contributed by atoms with Crippen molar-refractivity contribution in [3.8, 4) is 11.5 Å². The third-order valence-electron chi connectivity index (χ3n) is 14.6. The minimum absolute atomic E-state index is 0.0296. The normalized spacial score (nSPS) is 15.7. The number of oxazole rings is 1. The molecule has 0 aliphatic carbocycles. The minimum Gasteiger partial charge on any atom is -0.492 e. The number of amides is 9. The van der Waals surface area contributed by atoms with E-state index in [1.165, 1.54) is 17.1 Å². The van der Waals surface area contributed by atoms with E-state index in [-0.39, 0.29) is 101 Å². The number of aryl methyl sites for hydroxylation is 1. The first kappa shape index (κ1) is 62.3. The van der Waals surface area contributed by atoms with E-state index in [0.717, 1.165) is 10.5 Å². The van der Waals surface area contributed by atoms with Crippen molar-refractivity contribution in [3.63, 3.8) is 0 Å². The fourth-order valence-electron chi connectivity index (χ4n) is 9.93. The number of nitrogens with two attached hydrogens (primary N) is 1. The fourth-order valence-corrected chi connectivity index (χ4v) is 10.2. The van der Waals surface area contributed by atoms with Crippen LogP contribution in [0.4, 0.5) is 30.6 Å². The molecule has 8 rings (SSSR count). The molecule has 27 heteroatoms. The number of anilines is 2. The van der Waals surface area contributed by atoms with E-state index in [1.54, 1.807) is 92.2 Å². The predicted octanol–water partition coefficient (Wildman–Crippen LogP) is 5.65. The number of benzene rings is 3. The van der Waals surface area contributed by atoms with Gasteiger partial charge in [0.15, 0.2) is 23.0 Å². The molecule has 454 valence electrons. The van der Waals surface area contributed by atoms with Gasteiger partial charge in [-0.15, -0.1) is 11.6 Å². The van der Waals surface area contributed by atoms with Crippen LogP contribution in [-0.4, -0.2) is 188 Å². The maximum atomic E-state index is 14.4. The van der Waals surface area contributed by atoms with Crippen LogP contribution in [0.1, 0.15) is 66.5 Å². The molecule has 3 aliphatic rings. The number of likely N-dealkylation sites (N-methyl/N-ethyl adjacent to an activating group) is 2. The first-order valence-corrected chi connectivity index (χ1v) is 28.4. The smallest absolute Gasteiger partial charge is 0.415 e. The van der Waals surface area contributed by atoms with E-state index in [4.69, 9.17) is 45.4 Å². The highest BCUT2D eigenvalue weighted by molar-refractivity contribution is 6.19. The molecule has 26 nitrogen and oxygen atoms in total. The Morgan fingerprint density at radius 3 is 2.38 bits per heavy atom. The highest BCUT2D eigenvalue weighted by Crippen LogP contribution is 2.46. The van der Waals surface area contributed by atoms with Crippen LogP contribution >= 0.6 is 11.6 Å². The second-order valence-corrected chi connectivity index (χ2v) is 21.5. The van der Waals surface area contributed by atoms with Gasteiger partial charge in [0.1, 0.15) is 36.8 Å². The number of hydrogen-bond donors (Lipinski definition) is 5. The summed E-state index contributed by atoms with van der Waals surface area (Å²) in [6, 6.07) is 13.5. The number of rotatable bonds is 26. The van der Waals surface area contributed by atoms with Crippen LogP contribution in [0.2, 0.25) is 0 Å². The van der Waals surface area contributed by atoms with E-state index >= 15 is 0 Å². The van der Waals surface area contributed by atoms with Crippen molar-refractivity contribution < 1.29 is 71.3 Å². The van der Waals surface area contributed by atoms with Crippen molar-refractivity contribution >= 4 is 98.7 Å². The van der Waals surface area contributed by atoms with E-state index in [9.17, 15) is 43.2 Å². The van der Waals surface area contributed by atoms with Gasteiger partial charge in [0.2, 0.25) is 5.91 Å². The zero-order valence-electron chi connectivity index (χ0n) is 47.9. The molecular weight excluding hydrogens is 1130 g/mol. The van der Waals surface area contributed by atoms with Crippen molar-refractivity contribution in [3.05, 3.63) is 89.5 Å². The number of alkyl carbamates (subject to hydrolysis) is 1. The van der Waals surface area contributed by atoms with Crippen molar-refractivity contribution in [2.45, 2.75) is 58.6 Å². The number of fused-ring (bicyclic) bond motifs is 4. The predicted molar refractivity (Wildman–Crippen MR) is 310 cm³/mol. The van der Waals surface area contributed by atoms with Gasteiger partial charge in [-0.3, -0.25) is 28.9 Å². The minimum atomic E-state index is -1.01. The standard InChI is InChI=1S/C58H70ClN11O15/c1-34(2)50(65-56(77)82-26-25-80-23-22-69-47(72)14-15-48(69)73)45(71)29-37(7-6-16-61-55(60)76)53(74)63-40-10-8-36(9-11-40)33-83-57(78)67(5)21-24-81-41-12-13-42-38(27-41)28-43(64-42)54(75)70-32-39(31-59)49-44(70)30-46(52-51(49)62-35(3)84-52)85-58(79)68-19-17-66(4)18-20-68/h8-15,27-28,30,34,37,39,50,64H,6-7,16-26,29,31-33H2,1-5H3,(H,63,74)(H,65,77)(H3,60,61,76)/t37-,39?,50+/m1/s1. The molecule has 85 heavy (non-hydrogen) atoms. The summed E-state index contributed by atoms with van der Waals surface area (Å²) in [6.45, 7) is 8.10. The molecule has 1 fully saturated rings. The summed E-state index contributed by atoms with van der Waals surface area (Å²) in [6.07, 6.45) is 0.581. The summed E-state index contributed by atoms with van der Waals surface area (Å²) in [5.41, 5.74) is 9.29. The number of primary amides is 1. The van der Waals surface area contributed by atoms with Gasteiger partial charge < -0.3 is 74.4 Å². The Morgan fingerprint density at radius 1 is 0.929 bits per heavy atom. The van der Waals surface area contributed by atoms with Crippen LogP contribution in [0.15, 0.2) is 71.2 Å². The quantitative estimate of drug-likeness (QED) is 0.0254. The highest BCUT2D eigenvalue weighted by Gasteiger charge is 2.38. The number of ketones is 1. The number of aromatic amines is 1. The second kappa shape index (κ2) is 28.7. The molecule has 1 unspecified atom stereocenters. The molecule has 9 amide bonds. The Hall–Kier alpha value is -8.75. The Morgan fingerprint density at radius 2 is 1.67 bits per heavy atom. The van der Waals surface area contributed by atoms with Gasteiger partial charge in [-0.25, -0.2) is 24.2 Å². The number of halogens is 1. The first-order valence-electron chi connectivity index (χ1n) is 27.9. The number of carbonyl (C=O) groups is 9. The molecule has 6 N–H and O–H groups in total. The molecule has 2 aromatic heterocycles. The number of carbonyl (C=O) groups excluding carboxylic acids is 9. The summed E-state index contributed by atoms with van der Waals surface area (Å²) < 4.78 is 34.0. The van der Waals surface area contributed by atoms with Crippen LogP contribution in [0.5, 0.6) is 11.5 Å². The van der Waals surface area contributed by atoms with Crippen LogP contribution in [0.3, 0.4) is 0 Å². The number of H-pyrrole nitrogens is 1. The van der Waals surface area contributed by atoms with Crippen LogP contribution < -0.4 is 36.1 Å². The average molecular weight is 1200 g/mol. The monoisotopic (exact) mass is 1200 g/mol. The summed E-state index contributed by atoms with van der Waals surface area (Å²) in [7, 11) is 3.56. The summed E-state index contributed by atoms with van der Waals surface area (Å²) in [5.74, 6) is -2.38. The van der Waals surface area contributed by atoms with Crippen molar-refractivity contribution in [1.82, 2.24) is 40.2 Å². The van der Waals surface area contributed by atoms with Gasteiger partial charge in [-0.2, -0.15) is 0 Å². The Balaban J connectivity index is 0.794. The second-order valence-electron chi connectivity index (χ2n) is 21.2. The van der Waals surface area contributed by atoms with Crippen LogP contribution in [-0.2, 0) is 40.0 Å². The Kier molecular flexibility index (Phi) is 21.0. The number of alkyl halides is 1. The van der Waals surface area contributed by atoms with Crippen molar-refractivity contribution in [2.75, 3.05) is 109 Å². The first-order chi connectivity index (χ1) is 40.8. The van der Waals surface area contributed by atoms with Gasteiger partial charge in [0.05, 0.1) is 38.0 Å². The average Bonchev–Trinajstić information content (AvgIpc) is 2.15. The molecule has 1 saturated heterocycles.